The van der Waals surface area contributed by atoms with Gasteiger partial charge < -0.3 is 4.90 Å². The third-order valence-corrected chi connectivity index (χ3v) is 7.02. The first-order valence-corrected chi connectivity index (χ1v) is 8.62. The number of hydrogen-bond acceptors (Lipinski definition) is 4. The predicted octanol–water partition coefficient (Wildman–Crippen LogP) is -0.0354. The van der Waals surface area contributed by atoms with Crippen molar-refractivity contribution in [1.29, 1.82) is 0 Å². The number of likely N-dealkylation sites (N-methyl/N-ethyl adjacent to an activating group) is 1. The Morgan fingerprint density at radius 2 is 1.80 bits per heavy atom. The molecule has 0 bridgehead atoms. The molecule has 2 aliphatic rings. The normalized spacial score (nSPS) is 24.1. The molecule has 1 heterocycles. The molecule has 0 aromatic heterocycles. The summed E-state index contributed by atoms with van der Waals surface area (Å²) in [5.41, 5.74) is 0. The minimum atomic E-state index is -3.17. The summed E-state index contributed by atoms with van der Waals surface area (Å²) in [5.74, 6) is 0.0652. The van der Waals surface area contributed by atoms with Crippen molar-refractivity contribution < 1.29 is 13.2 Å². The smallest absolute Gasteiger partial charge is 0.236 e. The summed E-state index contributed by atoms with van der Waals surface area (Å²) in [4.78, 5) is 15.3. The maximum absolute atomic E-state index is 12.5. The maximum atomic E-state index is 12.5. The molecule has 0 aromatic rings. The number of nitrogens with zero attached hydrogens (tertiary/aromatic N) is 3. The van der Waals surface area contributed by atoms with Crippen molar-refractivity contribution in [1.82, 2.24) is 14.1 Å². The lowest BCUT2D eigenvalue weighted by Crippen LogP contribution is -2.42. The Hall–Kier alpha value is -0.660. The summed E-state index contributed by atoms with van der Waals surface area (Å²) in [6.45, 7) is 4.69. The van der Waals surface area contributed by atoms with Gasteiger partial charge in [0.1, 0.15) is 0 Å². The maximum Gasteiger partial charge on any atom is 0.236 e. The molecular formula is C13H25N3O3S. The van der Waals surface area contributed by atoms with E-state index < -0.39 is 14.8 Å². The molecule has 0 unspecified atom stereocenters. The van der Waals surface area contributed by atoms with Gasteiger partial charge >= 0.3 is 0 Å². The van der Waals surface area contributed by atoms with Crippen molar-refractivity contribution in [3.63, 3.8) is 0 Å². The van der Waals surface area contributed by atoms with Gasteiger partial charge in [-0.05, 0) is 32.7 Å². The van der Waals surface area contributed by atoms with Crippen LogP contribution in [0.1, 0.15) is 26.2 Å². The van der Waals surface area contributed by atoms with E-state index in [4.69, 9.17) is 0 Å². The fourth-order valence-corrected chi connectivity index (χ4v) is 4.36. The van der Waals surface area contributed by atoms with E-state index in [2.05, 4.69) is 0 Å². The third-order valence-electron chi connectivity index (χ3n) is 4.32. The molecule has 116 valence electrons. The molecule has 0 atom stereocenters. The Morgan fingerprint density at radius 1 is 1.15 bits per heavy atom. The SMILES string of the molecule is CN(C)C(=O)CN1CCCN(S(=O)(=O)C2(C)CC2)CC1. The average molecular weight is 303 g/mol. The number of sulfonamides is 1. The second-order valence-electron chi connectivity index (χ2n) is 6.27. The summed E-state index contributed by atoms with van der Waals surface area (Å²) in [5, 5.41) is 0. The van der Waals surface area contributed by atoms with E-state index in [9.17, 15) is 13.2 Å². The Balaban J connectivity index is 1.94. The topological polar surface area (TPSA) is 60.9 Å². The fraction of sp³-hybridized carbons (Fsp3) is 0.923. The zero-order chi connectivity index (χ0) is 15.0. The van der Waals surface area contributed by atoms with Gasteiger partial charge in [-0.1, -0.05) is 0 Å². The number of carbonyl (C=O) groups excluding carboxylic acids is 1. The van der Waals surface area contributed by atoms with Gasteiger partial charge in [0.2, 0.25) is 15.9 Å². The largest absolute Gasteiger partial charge is 0.348 e. The van der Waals surface area contributed by atoms with Crippen LogP contribution in [-0.2, 0) is 14.8 Å². The predicted molar refractivity (Wildman–Crippen MR) is 77.9 cm³/mol. The molecule has 1 saturated carbocycles. The number of carbonyl (C=O) groups is 1. The second-order valence-corrected chi connectivity index (χ2v) is 8.72. The molecule has 20 heavy (non-hydrogen) atoms. The molecule has 2 fully saturated rings. The van der Waals surface area contributed by atoms with Gasteiger partial charge in [0.15, 0.2) is 0 Å². The standard InChI is InChI=1S/C13H25N3O3S/c1-13(5-6-13)20(18,19)16-8-4-7-15(9-10-16)11-12(17)14(2)3/h4-11H2,1-3H3. The second kappa shape index (κ2) is 5.61. The molecule has 7 heteroatoms. The highest BCUT2D eigenvalue weighted by Crippen LogP contribution is 2.44. The fourth-order valence-electron chi connectivity index (χ4n) is 2.42. The summed E-state index contributed by atoms with van der Waals surface area (Å²) >= 11 is 0. The molecular weight excluding hydrogens is 278 g/mol. The molecule has 0 radical (unpaired) electrons. The molecule has 0 aromatic carbocycles. The van der Waals surface area contributed by atoms with Gasteiger partial charge in [0, 0.05) is 33.7 Å². The number of rotatable bonds is 4. The Labute approximate surface area is 121 Å². The summed E-state index contributed by atoms with van der Waals surface area (Å²) in [6, 6.07) is 0. The van der Waals surface area contributed by atoms with Crippen LogP contribution in [0, 0.1) is 0 Å². The van der Waals surface area contributed by atoms with Crippen LogP contribution in [0.2, 0.25) is 0 Å². The minimum Gasteiger partial charge on any atom is -0.348 e. The summed E-state index contributed by atoms with van der Waals surface area (Å²) in [6.07, 6.45) is 2.33. The highest BCUT2D eigenvalue weighted by molar-refractivity contribution is 7.90. The van der Waals surface area contributed by atoms with Gasteiger partial charge in [-0.2, -0.15) is 0 Å². The van der Waals surface area contributed by atoms with E-state index in [0.29, 0.717) is 26.2 Å². The van der Waals surface area contributed by atoms with Crippen LogP contribution in [0.25, 0.3) is 0 Å². The van der Waals surface area contributed by atoms with Gasteiger partial charge in [-0.15, -0.1) is 0 Å². The quantitative estimate of drug-likeness (QED) is 0.731. The van der Waals surface area contributed by atoms with Crippen molar-refractivity contribution in [2.45, 2.75) is 30.9 Å². The first-order chi connectivity index (χ1) is 9.26. The van der Waals surface area contributed by atoms with E-state index >= 15 is 0 Å². The number of hydrogen-bond donors (Lipinski definition) is 0. The lowest BCUT2D eigenvalue weighted by atomic mass is 10.4. The van der Waals surface area contributed by atoms with Crippen LogP contribution >= 0.6 is 0 Å². The van der Waals surface area contributed by atoms with Crippen LogP contribution in [0.5, 0.6) is 0 Å². The van der Waals surface area contributed by atoms with Crippen LogP contribution in [0.4, 0.5) is 0 Å². The van der Waals surface area contributed by atoms with Gasteiger partial charge in [0.05, 0.1) is 11.3 Å². The highest BCUT2D eigenvalue weighted by atomic mass is 32.2. The molecule has 2 rings (SSSR count). The van der Waals surface area contributed by atoms with Crippen molar-refractivity contribution in [3.8, 4) is 0 Å². The van der Waals surface area contributed by atoms with E-state index in [-0.39, 0.29) is 5.91 Å². The minimum absolute atomic E-state index is 0.0652. The van der Waals surface area contributed by atoms with Gasteiger partial charge in [-0.25, -0.2) is 12.7 Å². The van der Waals surface area contributed by atoms with E-state index in [1.54, 1.807) is 23.3 Å². The van der Waals surface area contributed by atoms with Crippen LogP contribution < -0.4 is 0 Å². The van der Waals surface area contributed by atoms with Crippen molar-refractivity contribution in [2.75, 3.05) is 46.8 Å². The van der Waals surface area contributed by atoms with Crippen molar-refractivity contribution >= 4 is 15.9 Å². The molecule has 1 aliphatic carbocycles. The zero-order valence-electron chi connectivity index (χ0n) is 12.6. The first-order valence-electron chi connectivity index (χ1n) is 7.18. The van der Waals surface area contributed by atoms with E-state index in [1.807, 2.05) is 11.8 Å². The first kappa shape index (κ1) is 15.7. The van der Waals surface area contributed by atoms with Gasteiger partial charge in [0.25, 0.3) is 0 Å². The summed E-state index contributed by atoms with van der Waals surface area (Å²) in [7, 11) is 0.313. The lowest BCUT2D eigenvalue weighted by Gasteiger charge is -2.24. The van der Waals surface area contributed by atoms with Gasteiger partial charge in [-0.3, -0.25) is 9.69 Å². The third kappa shape index (κ3) is 3.15. The summed E-state index contributed by atoms with van der Waals surface area (Å²) < 4.78 is 26.1. The van der Waals surface area contributed by atoms with E-state index in [1.165, 1.54) is 0 Å². The molecule has 0 spiro atoms. The van der Waals surface area contributed by atoms with Crippen LogP contribution in [0.15, 0.2) is 0 Å². The van der Waals surface area contributed by atoms with Crippen LogP contribution in [0.3, 0.4) is 0 Å². The Bertz CT molecular complexity index is 471. The molecule has 1 amide bonds. The lowest BCUT2D eigenvalue weighted by molar-refractivity contribution is -0.129. The monoisotopic (exact) mass is 303 g/mol. The molecule has 1 aliphatic heterocycles. The average Bonchev–Trinajstić information content (AvgIpc) is 3.14. The zero-order valence-corrected chi connectivity index (χ0v) is 13.4. The number of amides is 1. The molecule has 0 N–H and O–H groups in total. The van der Waals surface area contributed by atoms with E-state index in [0.717, 1.165) is 25.8 Å². The highest BCUT2D eigenvalue weighted by Gasteiger charge is 2.52. The van der Waals surface area contributed by atoms with Crippen molar-refractivity contribution in [2.24, 2.45) is 0 Å². The van der Waals surface area contributed by atoms with Crippen molar-refractivity contribution in [3.05, 3.63) is 0 Å². The molecule has 6 nitrogen and oxygen atoms in total. The Morgan fingerprint density at radius 3 is 2.35 bits per heavy atom. The molecule has 1 saturated heterocycles. The Kier molecular flexibility index (Phi) is 4.41. The van der Waals surface area contributed by atoms with Crippen LogP contribution in [-0.4, -0.2) is 80.0 Å².